The highest BCUT2D eigenvalue weighted by molar-refractivity contribution is 7.98. The summed E-state index contributed by atoms with van der Waals surface area (Å²) in [6.45, 7) is 6.33. The molecule has 0 radical (unpaired) electrons. The predicted octanol–water partition coefficient (Wildman–Crippen LogP) is 3.77. The summed E-state index contributed by atoms with van der Waals surface area (Å²) in [5, 5.41) is 1.65. The summed E-state index contributed by atoms with van der Waals surface area (Å²) < 4.78 is 62.2. The van der Waals surface area contributed by atoms with Gasteiger partial charge in [0.05, 0.1) is 24.6 Å². The smallest absolute Gasteiger partial charge is 0.325 e. The van der Waals surface area contributed by atoms with Crippen LogP contribution < -0.4 is 26.2 Å². The Morgan fingerprint density at radius 2 is 1.90 bits per heavy atom. The van der Waals surface area contributed by atoms with E-state index in [2.05, 4.69) is 0 Å². The number of hydrogen-bond donors (Lipinski definition) is 1. The molecule has 3 aromatic rings. The molecule has 0 unspecified atom stereocenters. The summed E-state index contributed by atoms with van der Waals surface area (Å²) in [7, 11) is -3.33. The molecular formula is C33H37F2N4O7PS. The number of rotatable bonds is 8. The maximum absolute atomic E-state index is 15.5. The van der Waals surface area contributed by atoms with Gasteiger partial charge in [-0.05, 0) is 48.9 Å². The zero-order valence-electron chi connectivity index (χ0n) is 27.0. The number of hydrogen-bond acceptors (Lipinski definition) is 10. The Balaban J connectivity index is 1.57. The fourth-order valence-corrected chi connectivity index (χ4v) is 8.49. The highest BCUT2D eigenvalue weighted by atomic mass is 32.2. The average Bonchev–Trinajstić information content (AvgIpc) is 3.20. The van der Waals surface area contributed by atoms with Gasteiger partial charge in [-0.15, -0.1) is 11.8 Å². The number of halogens is 2. The Labute approximate surface area is 280 Å². The molecule has 2 aromatic carbocycles. The van der Waals surface area contributed by atoms with Crippen molar-refractivity contribution < 1.29 is 37.1 Å². The Morgan fingerprint density at radius 3 is 2.62 bits per heavy atom. The zero-order chi connectivity index (χ0) is 34.5. The SMILES string of the molecule is CC(C)C[C@H](N)C(=O)OCOc1c2n(cc(P(C)(C)=O)c1=O)N([C@@H]1c3ccccc3SCc3c1ccc(F)c3F)[C@@H]1COCCN1C2=O. The van der Waals surface area contributed by atoms with Crippen LogP contribution >= 0.6 is 18.9 Å². The molecule has 15 heteroatoms. The summed E-state index contributed by atoms with van der Waals surface area (Å²) in [4.78, 5) is 43.2. The van der Waals surface area contributed by atoms with E-state index in [1.807, 2.05) is 38.1 Å². The molecule has 0 spiro atoms. The first-order chi connectivity index (χ1) is 22.8. The van der Waals surface area contributed by atoms with Gasteiger partial charge in [-0.3, -0.25) is 24.1 Å². The van der Waals surface area contributed by atoms with E-state index in [0.717, 1.165) is 16.5 Å². The molecular weight excluding hydrogens is 665 g/mol. The third-order valence-electron chi connectivity index (χ3n) is 8.64. The van der Waals surface area contributed by atoms with Gasteiger partial charge < -0.3 is 29.4 Å². The average molecular weight is 703 g/mol. The highest BCUT2D eigenvalue weighted by Gasteiger charge is 2.47. The van der Waals surface area contributed by atoms with Crippen molar-refractivity contribution in [3.63, 3.8) is 0 Å². The number of thioether (sulfide) groups is 1. The van der Waals surface area contributed by atoms with Crippen molar-refractivity contribution in [2.45, 2.75) is 49.2 Å². The van der Waals surface area contributed by atoms with Crippen molar-refractivity contribution in [3.8, 4) is 5.75 Å². The van der Waals surface area contributed by atoms with Crippen LogP contribution in [0, 0.1) is 17.6 Å². The monoisotopic (exact) mass is 702 g/mol. The summed E-state index contributed by atoms with van der Waals surface area (Å²) in [5.74, 6) is -3.46. The number of morpholine rings is 1. The maximum Gasteiger partial charge on any atom is 0.325 e. The number of ether oxygens (including phenoxy) is 3. The lowest BCUT2D eigenvalue weighted by Gasteiger charge is -2.51. The lowest BCUT2D eigenvalue weighted by Crippen LogP contribution is -2.67. The van der Waals surface area contributed by atoms with Crippen LogP contribution in [0.5, 0.6) is 5.75 Å². The molecule has 0 bridgehead atoms. The van der Waals surface area contributed by atoms with E-state index in [-0.39, 0.29) is 48.0 Å². The number of nitrogens with zero attached hydrogens (tertiary/aromatic N) is 3. The normalized spacial score (nSPS) is 19.5. The highest BCUT2D eigenvalue weighted by Crippen LogP contribution is 2.45. The number of amides is 1. The molecule has 256 valence electrons. The minimum atomic E-state index is -3.33. The molecule has 4 heterocycles. The minimum Gasteiger partial charge on any atom is -0.451 e. The van der Waals surface area contributed by atoms with Crippen LogP contribution in [0.4, 0.5) is 8.78 Å². The van der Waals surface area contributed by atoms with Gasteiger partial charge in [0.1, 0.15) is 19.3 Å². The first kappa shape index (κ1) is 34.2. The van der Waals surface area contributed by atoms with E-state index < -0.39 is 66.9 Å². The third-order valence-corrected chi connectivity index (χ3v) is 11.2. The van der Waals surface area contributed by atoms with Crippen LogP contribution in [0.15, 0.2) is 52.3 Å². The number of fused-ring (bicyclic) bond motifs is 4. The Morgan fingerprint density at radius 1 is 1.15 bits per heavy atom. The standard InChI is InChI=1S/C33H37F2N4O7PS/c1-18(2)13-23(36)33(42)46-17-45-31-29-32(41)37-11-12-44-15-26(37)39(38(29)14-24(30(31)40)47(3,4)43)28-19-9-10-22(34)27(35)21(19)16-48-25-8-6-5-7-20(25)28/h5-10,14,18,23,26,28H,11-13,15-17,36H2,1-4H3/t23-,26+,28-/m0/s1. The van der Waals surface area contributed by atoms with Crippen LogP contribution in [0.2, 0.25) is 0 Å². The summed E-state index contributed by atoms with van der Waals surface area (Å²) >= 11 is 1.35. The van der Waals surface area contributed by atoms with Gasteiger partial charge in [0.25, 0.3) is 5.91 Å². The van der Waals surface area contributed by atoms with Crippen molar-refractivity contribution in [2.75, 3.05) is 44.9 Å². The lowest BCUT2D eigenvalue weighted by molar-refractivity contribution is -0.152. The number of carbonyl (C=O) groups excluding carboxylic acids is 2. The summed E-state index contributed by atoms with van der Waals surface area (Å²) in [6.07, 6.45) is 0.948. The second kappa shape index (κ2) is 13.3. The van der Waals surface area contributed by atoms with Crippen LogP contribution in [0.3, 0.4) is 0 Å². The largest absolute Gasteiger partial charge is 0.451 e. The lowest BCUT2D eigenvalue weighted by atomic mass is 9.93. The van der Waals surface area contributed by atoms with Gasteiger partial charge in [0.2, 0.25) is 18.0 Å². The summed E-state index contributed by atoms with van der Waals surface area (Å²) in [5.41, 5.74) is 6.32. The molecule has 6 rings (SSSR count). The Kier molecular flexibility index (Phi) is 9.47. The zero-order valence-corrected chi connectivity index (χ0v) is 28.7. The van der Waals surface area contributed by atoms with E-state index in [1.165, 1.54) is 46.9 Å². The first-order valence-corrected chi connectivity index (χ1v) is 19.1. The molecule has 0 saturated carbocycles. The van der Waals surface area contributed by atoms with E-state index in [0.29, 0.717) is 12.0 Å². The van der Waals surface area contributed by atoms with Crippen molar-refractivity contribution in [3.05, 3.63) is 86.8 Å². The molecule has 2 N–H and O–H groups in total. The Hall–Kier alpha value is -3.71. The van der Waals surface area contributed by atoms with Gasteiger partial charge in [-0.25, -0.2) is 8.78 Å². The topological polar surface area (TPSA) is 133 Å². The van der Waals surface area contributed by atoms with E-state index in [4.69, 9.17) is 19.9 Å². The van der Waals surface area contributed by atoms with Gasteiger partial charge in [0, 0.05) is 29.0 Å². The number of nitrogens with two attached hydrogens (primary N) is 1. The van der Waals surface area contributed by atoms with Crippen molar-refractivity contribution >= 4 is 36.1 Å². The molecule has 3 aliphatic heterocycles. The number of esters is 1. The van der Waals surface area contributed by atoms with Crippen molar-refractivity contribution in [1.29, 1.82) is 0 Å². The van der Waals surface area contributed by atoms with Gasteiger partial charge in [-0.2, -0.15) is 0 Å². The molecule has 1 saturated heterocycles. The first-order valence-electron chi connectivity index (χ1n) is 15.6. The number of pyridine rings is 1. The molecule has 1 amide bonds. The maximum atomic E-state index is 15.5. The molecule has 0 aliphatic carbocycles. The van der Waals surface area contributed by atoms with Crippen LogP contribution in [-0.2, 0) is 24.6 Å². The molecule has 3 atom stereocenters. The predicted molar refractivity (Wildman–Crippen MR) is 177 cm³/mol. The number of aromatic nitrogens is 1. The fourth-order valence-electron chi connectivity index (χ4n) is 6.39. The molecule has 3 aliphatic rings. The van der Waals surface area contributed by atoms with E-state index >= 15 is 4.39 Å². The Bertz CT molecular complexity index is 1880. The van der Waals surface area contributed by atoms with E-state index in [1.54, 1.807) is 5.01 Å². The van der Waals surface area contributed by atoms with E-state index in [9.17, 15) is 23.3 Å². The van der Waals surface area contributed by atoms with Crippen molar-refractivity contribution in [1.82, 2.24) is 9.58 Å². The van der Waals surface area contributed by atoms with Crippen molar-refractivity contribution in [2.24, 2.45) is 11.7 Å². The summed E-state index contributed by atoms with van der Waals surface area (Å²) in [6, 6.07) is 8.28. The van der Waals surface area contributed by atoms with Gasteiger partial charge >= 0.3 is 5.97 Å². The number of carbonyl (C=O) groups is 2. The fraction of sp³-hybridized carbons (Fsp3) is 0.424. The molecule has 48 heavy (non-hydrogen) atoms. The van der Waals surface area contributed by atoms with Crippen LogP contribution in [-0.4, -0.2) is 73.5 Å². The molecule has 1 fully saturated rings. The van der Waals surface area contributed by atoms with Gasteiger partial charge in [-0.1, -0.05) is 38.1 Å². The number of benzene rings is 2. The quantitative estimate of drug-likeness (QED) is 0.210. The second-order valence-corrected chi connectivity index (χ2v) is 17.0. The molecule has 11 nitrogen and oxygen atoms in total. The minimum absolute atomic E-state index is 0.0505. The van der Waals surface area contributed by atoms with Crippen LogP contribution in [0.1, 0.15) is 53.5 Å². The second-order valence-electron chi connectivity index (χ2n) is 12.8. The van der Waals surface area contributed by atoms with Gasteiger partial charge in [0.15, 0.2) is 17.3 Å². The third kappa shape index (κ3) is 6.15. The van der Waals surface area contributed by atoms with Crippen LogP contribution in [0.25, 0.3) is 0 Å². The molecule has 1 aromatic heterocycles.